The molecule has 1 aromatic carbocycles. The lowest BCUT2D eigenvalue weighted by Crippen LogP contribution is -2.22. The predicted octanol–water partition coefficient (Wildman–Crippen LogP) is 5.46. The minimum atomic E-state index is -0.00847. The van der Waals surface area contributed by atoms with Crippen LogP contribution in [0.1, 0.15) is 42.7 Å². The third-order valence-electron chi connectivity index (χ3n) is 5.64. The molecule has 3 aromatic rings. The molecule has 7 heteroatoms. The maximum Gasteiger partial charge on any atom is 0.234 e. The van der Waals surface area contributed by atoms with Crippen molar-refractivity contribution in [3.05, 3.63) is 40.5 Å². The molecule has 0 atom stereocenters. The molecule has 2 heterocycles. The molecule has 158 valence electrons. The van der Waals surface area contributed by atoms with E-state index in [0.29, 0.717) is 5.75 Å². The summed E-state index contributed by atoms with van der Waals surface area (Å²) in [6, 6.07) is 6.13. The fourth-order valence-electron chi connectivity index (χ4n) is 4.15. The Morgan fingerprint density at radius 2 is 2.00 bits per heavy atom. The van der Waals surface area contributed by atoms with Crippen molar-refractivity contribution in [2.45, 2.75) is 51.5 Å². The first kappa shape index (κ1) is 21.1. The fourth-order valence-corrected chi connectivity index (χ4v) is 6.27. The molecule has 4 rings (SSSR count). The van der Waals surface area contributed by atoms with Crippen molar-refractivity contribution in [2.24, 2.45) is 0 Å². The van der Waals surface area contributed by atoms with Crippen molar-refractivity contribution in [1.29, 1.82) is 0 Å². The van der Waals surface area contributed by atoms with Crippen molar-refractivity contribution in [1.82, 2.24) is 9.97 Å². The van der Waals surface area contributed by atoms with Crippen molar-refractivity contribution in [2.75, 3.05) is 29.1 Å². The Morgan fingerprint density at radius 1 is 1.20 bits per heavy atom. The van der Waals surface area contributed by atoms with Gasteiger partial charge in [0.2, 0.25) is 5.91 Å². The van der Waals surface area contributed by atoms with Crippen molar-refractivity contribution in [3.8, 4) is 0 Å². The lowest BCUT2D eigenvalue weighted by molar-refractivity contribution is -0.113. The van der Waals surface area contributed by atoms with E-state index in [9.17, 15) is 4.79 Å². The van der Waals surface area contributed by atoms with Crippen LogP contribution in [-0.2, 0) is 17.6 Å². The molecule has 5 nitrogen and oxygen atoms in total. The molecule has 0 fully saturated rings. The zero-order valence-corrected chi connectivity index (χ0v) is 19.5. The number of thiophene rings is 1. The average Bonchev–Trinajstić information content (AvgIpc) is 3.14. The second-order valence-electron chi connectivity index (χ2n) is 7.58. The number of nitrogens with zero attached hydrogens (tertiary/aromatic N) is 3. The summed E-state index contributed by atoms with van der Waals surface area (Å²) in [5, 5.41) is 5.15. The van der Waals surface area contributed by atoms with Crippen LogP contribution in [0.4, 0.5) is 11.4 Å². The van der Waals surface area contributed by atoms with E-state index >= 15 is 0 Å². The molecule has 0 aliphatic heterocycles. The highest BCUT2D eigenvalue weighted by Crippen LogP contribution is 2.39. The molecule has 0 unspecified atom stereocenters. The van der Waals surface area contributed by atoms with E-state index in [0.717, 1.165) is 41.5 Å². The van der Waals surface area contributed by atoms with Crippen LogP contribution in [0.5, 0.6) is 0 Å². The normalized spacial score (nSPS) is 13.3. The Labute approximate surface area is 186 Å². The molecule has 1 aliphatic rings. The minimum absolute atomic E-state index is 0.00847. The molecule has 1 N–H and O–H groups in total. The lowest BCUT2D eigenvalue weighted by atomic mass is 9.97. The molecule has 2 aromatic heterocycles. The van der Waals surface area contributed by atoms with E-state index < -0.39 is 0 Å². The summed E-state index contributed by atoms with van der Waals surface area (Å²) in [5.41, 5.74) is 4.65. The first-order valence-corrected chi connectivity index (χ1v) is 12.4. The highest BCUT2D eigenvalue weighted by atomic mass is 32.2. The minimum Gasteiger partial charge on any atom is -0.372 e. The molecule has 0 bridgehead atoms. The SMILES string of the molecule is CCN(CC)c1ccc(NC(=O)CSc2ncnc3sc4c(c23)CCCC4)cc1C. The second-order valence-corrected chi connectivity index (χ2v) is 9.63. The largest absolute Gasteiger partial charge is 0.372 e. The number of amides is 1. The number of aromatic nitrogens is 2. The highest BCUT2D eigenvalue weighted by molar-refractivity contribution is 8.00. The monoisotopic (exact) mass is 440 g/mol. The number of thioether (sulfide) groups is 1. The summed E-state index contributed by atoms with van der Waals surface area (Å²) in [7, 11) is 0. The van der Waals surface area contributed by atoms with Crippen LogP contribution in [0.2, 0.25) is 0 Å². The van der Waals surface area contributed by atoms with Gasteiger partial charge in [0.15, 0.2) is 0 Å². The molecule has 30 heavy (non-hydrogen) atoms. The molecule has 0 radical (unpaired) electrons. The molecule has 1 amide bonds. The van der Waals surface area contributed by atoms with Gasteiger partial charge in [-0.1, -0.05) is 11.8 Å². The van der Waals surface area contributed by atoms with Crippen molar-refractivity contribution < 1.29 is 4.79 Å². The van der Waals surface area contributed by atoms with E-state index in [1.165, 1.54) is 51.7 Å². The Morgan fingerprint density at radius 3 is 2.77 bits per heavy atom. The summed E-state index contributed by atoms with van der Waals surface area (Å²) < 4.78 is 0. The Balaban J connectivity index is 1.44. The summed E-state index contributed by atoms with van der Waals surface area (Å²) >= 11 is 3.30. The van der Waals surface area contributed by atoms with Crippen LogP contribution in [0.25, 0.3) is 10.2 Å². The highest BCUT2D eigenvalue weighted by Gasteiger charge is 2.20. The molecule has 1 aliphatic carbocycles. The smallest absolute Gasteiger partial charge is 0.234 e. The summed E-state index contributed by atoms with van der Waals surface area (Å²) in [5.74, 6) is 0.332. The third kappa shape index (κ3) is 4.32. The number of carbonyl (C=O) groups is 1. The van der Waals surface area contributed by atoms with Gasteiger partial charge in [0.1, 0.15) is 16.2 Å². The third-order valence-corrected chi connectivity index (χ3v) is 7.83. The van der Waals surface area contributed by atoms with Gasteiger partial charge in [0.25, 0.3) is 0 Å². The molecular formula is C23H28N4OS2. The van der Waals surface area contributed by atoms with Crippen molar-refractivity contribution in [3.63, 3.8) is 0 Å². The van der Waals surface area contributed by atoms with E-state index in [2.05, 4.69) is 47.0 Å². The topological polar surface area (TPSA) is 58.1 Å². The van der Waals surface area contributed by atoms with Crippen LogP contribution in [0.3, 0.4) is 0 Å². The van der Waals surface area contributed by atoms with Gasteiger partial charge in [0.05, 0.1) is 5.75 Å². The quantitative estimate of drug-likeness (QED) is 0.391. The van der Waals surface area contributed by atoms with Crippen LogP contribution >= 0.6 is 23.1 Å². The number of anilines is 2. The first-order valence-electron chi connectivity index (χ1n) is 10.6. The maximum absolute atomic E-state index is 12.6. The van der Waals surface area contributed by atoms with E-state index in [1.807, 2.05) is 12.1 Å². The van der Waals surface area contributed by atoms with Crippen LogP contribution < -0.4 is 10.2 Å². The van der Waals surface area contributed by atoms with Gasteiger partial charge in [0, 0.05) is 34.7 Å². The molecule has 0 spiro atoms. The number of rotatable bonds is 7. The molecule has 0 saturated heterocycles. The summed E-state index contributed by atoms with van der Waals surface area (Å²) in [4.78, 5) is 26.4. The number of fused-ring (bicyclic) bond motifs is 3. The Bertz CT molecular complexity index is 1060. The van der Waals surface area contributed by atoms with Gasteiger partial charge in [-0.3, -0.25) is 4.79 Å². The van der Waals surface area contributed by atoms with Gasteiger partial charge < -0.3 is 10.2 Å². The van der Waals surface area contributed by atoms with Crippen LogP contribution in [0, 0.1) is 6.92 Å². The number of nitrogens with one attached hydrogen (secondary N) is 1. The maximum atomic E-state index is 12.6. The number of aryl methyl sites for hydroxylation is 3. The standard InChI is InChI=1S/C23H28N4OS2/c1-4-27(5-2)18-11-10-16(12-15(18)3)26-20(28)13-29-22-21-17-8-6-7-9-19(17)30-23(21)25-14-24-22/h10-12,14H,4-9,13H2,1-3H3,(H,26,28). The van der Waals surface area contributed by atoms with Gasteiger partial charge in [-0.05, 0) is 75.8 Å². The number of hydrogen-bond donors (Lipinski definition) is 1. The summed E-state index contributed by atoms with van der Waals surface area (Å²) in [6.07, 6.45) is 6.34. The van der Waals surface area contributed by atoms with Gasteiger partial charge in [-0.2, -0.15) is 0 Å². The lowest BCUT2D eigenvalue weighted by Gasteiger charge is -2.23. The van der Waals surface area contributed by atoms with Gasteiger partial charge in [-0.25, -0.2) is 9.97 Å². The Hall–Kier alpha value is -2.12. The van der Waals surface area contributed by atoms with Crippen molar-refractivity contribution >= 4 is 50.6 Å². The van der Waals surface area contributed by atoms with E-state index in [1.54, 1.807) is 17.7 Å². The second kappa shape index (κ2) is 9.35. The number of carbonyl (C=O) groups excluding carboxylic acids is 1. The number of hydrogen-bond acceptors (Lipinski definition) is 6. The molecular weight excluding hydrogens is 412 g/mol. The van der Waals surface area contributed by atoms with E-state index in [-0.39, 0.29) is 5.91 Å². The van der Waals surface area contributed by atoms with Gasteiger partial charge in [-0.15, -0.1) is 11.3 Å². The predicted molar refractivity (Wildman–Crippen MR) is 128 cm³/mol. The van der Waals surface area contributed by atoms with E-state index in [4.69, 9.17) is 0 Å². The van der Waals surface area contributed by atoms with Crippen LogP contribution in [-0.4, -0.2) is 34.7 Å². The summed E-state index contributed by atoms with van der Waals surface area (Å²) in [6.45, 7) is 8.35. The fraction of sp³-hybridized carbons (Fsp3) is 0.435. The zero-order chi connectivity index (χ0) is 21.1. The van der Waals surface area contributed by atoms with Gasteiger partial charge >= 0.3 is 0 Å². The average molecular weight is 441 g/mol. The first-order chi connectivity index (χ1) is 14.6. The molecule has 0 saturated carbocycles. The Kier molecular flexibility index (Phi) is 6.58. The van der Waals surface area contributed by atoms with Crippen LogP contribution in [0.15, 0.2) is 29.6 Å². The zero-order valence-electron chi connectivity index (χ0n) is 17.8. The number of benzene rings is 1.